The third-order valence-electron chi connectivity index (χ3n) is 5.52. The summed E-state index contributed by atoms with van der Waals surface area (Å²) < 4.78 is 1.68. The molecule has 0 spiro atoms. The van der Waals surface area contributed by atoms with Crippen LogP contribution in [0.15, 0.2) is 53.9 Å². The lowest BCUT2D eigenvalue weighted by Crippen LogP contribution is -2.44. The van der Waals surface area contributed by atoms with E-state index in [4.69, 9.17) is 5.73 Å². The van der Waals surface area contributed by atoms with Crippen LogP contribution in [-0.2, 0) is 0 Å². The van der Waals surface area contributed by atoms with E-state index in [0.29, 0.717) is 16.6 Å². The Hall–Kier alpha value is -3.43. The van der Waals surface area contributed by atoms with Gasteiger partial charge in [0.25, 0.3) is 5.91 Å². The largest absolute Gasteiger partial charge is 0.382 e. The Labute approximate surface area is 183 Å². The van der Waals surface area contributed by atoms with Crippen LogP contribution in [0.4, 0.5) is 17.2 Å². The number of carbonyl (C=O) groups excluding carboxylic acids is 1. The third-order valence-corrected chi connectivity index (χ3v) is 6.33. The number of piperazine rings is 1. The molecule has 3 N–H and O–H groups in total. The number of nitrogen functional groups attached to an aromatic ring is 1. The van der Waals surface area contributed by atoms with E-state index in [2.05, 4.69) is 32.2 Å². The Balaban J connectivity index is 1.39. The molecule has 9 heteroatoms. The Morgan fingerprint density at radius 1 is 1.06 bits per heavy atom. The third kappa shape index (κ3) is 3.73. The monoisotopic (exact) mass is 433 g/mol. The molecule has 0 radical (unpaired) electrons. The molecule has 1 amide bonds. The first-order valence-corrected chi connectivity index (χ1v) is 11.0. The number of fused-ring (bicyclic) bond motifs is 1. The molecule has 1 aliphatic rings. The van der Waals surface area contributed by atoms with Crippen LogP contribution < -0.4 is 16.0 Å². The lowest BCUT2D eigenvalue weighted by atomic mass is 10.2. The van der Waals surface area contributed by atoms with Gasteiger partial charge in [0.15, 0.2) is 5.82 Å². The lowest BCUT2D eigenvalue weighted by Gasteiger charge is -2.35. The van der Waals surface area contributed by atoms with Crippen molar-refractivity contribution in [1.29, 1.82) is 0 Å². The normalized spacial score (nSPS) is 14.8. The fraction of sp³-hybridized carbons (Fsp3) is 0.227. The zero-order valence-corrected chi connectivity index (χ0v) is 18.0. The number of aromatic nitrogens is 3. The molecule has 5 rings (SSSR count). The van der Waals surface area contributed by atoms with Gasteiger partial charge in [-0.1, -0.05) is 24.3 Å². The summed E-state index contributed by atoms with van der Waals surface area (Å²) in [7, 11) is 2.13. The van der Waals surface area contributed by atoms with Crippen molar-refractivity contribution in [2.24, 2.45) is 0 Å². The summed E-state index contributed by atoms with van der Waals surface area (Å²) in [5.74, 6) is 0.200. The van der Waals surface area contributed by atoms with Crippen molar-refractivity contribution in [3.63, 3.8) is 0 Å². The van der Waals surface area contributed by atoms with E-state index in [-0.39, 0.29) is 5.91 Å². The summed E-state index contributed by atoms with van der Waals surface area (Å²) in [5, 5.41) is 10.6. The number of nitrogens with one attached hydrogen (secondary N) is 1. The Morgan fingerprint density at radius 2 is 1.81 bits per heavy atom. The molecule has 158 valence electrons. The van der Waals surface area contributed by atoms with E-state index in [9.17, 15) is 4.79 Å². The number of likely N-dealkylation sites (N-methyl/N-ethyl adjacent to an activating group) is 1. The first kappa shape index (κ1) is 19.5. The van der Waals surface area contributed by atoms with Gasteiger partial charge in [0.1, 0.15) is 5.69 Å². The van der Waals surface area contributed by atoms with Crippen LogP contribution in [0, 0.1) is 0 Å². The smallest absolute Gasteiger partial charge is 0.275 e. The second-order valence-corrected chi connectivity index (χ2v) is 8.43. The molecule has 0 bridgehead atoms. The summed E-state index contributed by atoms with van der Waals surface area (Å²) in [6.45, 7) is 3.85. The maximum atomic E-state index is 13.0. The van der Waals surface area contributed by atoms with Crippen molar-refractivity contribution >= 4 is 45.3 Å². The standard InChI is InChI=1S/C22H23N7OS/c1-27-10-12-28(13-11-27)19-9-5-3-7-16(19)24-21(30)17-14-31-22(25-17)29-18-8-4-2-6-15(18)20(23)26-29/h2-9,14H,10-13H2,1H3,(H2,23,26)(H,24,30). The minimum Gasteiger partial charge on any atom is -0.382 e. The van der Waals surface area contributed by atoms with Gasteiger partial charge in [-0.15, -0.1) is 16.4 Å². The second kappa shape index (κ2) is 8.01. The van der Waals surface area contributed by atoms with Crippen LogP contribution in [0.3, 0.4) is 0 Å². The molecule has 0 atom stereocenters. The highest BCUT2D eigenvalue weighted by Gasteiger charge is 2.20. The molecule has 1 aliphatic heterocycles. The number of para-hydroxylation sites is 3. The van der Waals surface area contributed by atoms with Crippen molar-refractivity contribution in [2.75, 3.05) is 49.2 Å². The van der Waals surface area contributed by atoms with Crippen molar-refractivity contribution in [2.45, 2.75) is 0 Å². The number of thiazole rings is 1. The molecule has 8 nitrogen and oxygen atoms in total. The van der Waals surface area contributed by atoms with Crippen molar-refractivity contribution in [1.82, 2.24) is 19.7 Å². The molecule has 31 heavy (non-hydrogen) atoms. The number of benzene rings is 2. The van der Waals surface area contributed by atoms with Gasteiger partial charge in [0, 0.05) is 36.9 Å². The number of rotatable bonds is 4. The van der Waals surface area contributed by atoms with Crippen LogP contribution in [0.2, 0.25) is 0 Å². The second-order valence-electron chi connectivity index (χ2n) is 7.59. The van der Waals surface area contributed by atoms with E-state index in [1.807, 2.05) is 48.5 Å². The van der Waals surface area contributed by atoms with E-state index < -0.39 is 0 Å². The van der Waals surface area contributed by atoms with Crippen molar-refractivity contribution < 1.29 is 4.79 Å². The molecule has 0 unspecified atom stereocenters. The van der Waals surface area contributed by atoms with Crippen LogP contribution in [-0.4, -0.2) is 58.8 Å². The number of hydrogen-bond acceptors (Lipinski definition) is 7. The van der Waals surface area contributed by atoms with Gasteiger partial charge in [-0.25, -0.2) is 9.67 Å². The average Bonchev–Trinajstić information content (AvgIpc) is 3.40. The molecular weight excluding hydrogens is 410 g/mol. The summed E-state index contributed by atoms with van der Waals surface area (Å²) in [4.78, 5) is 22.1. The first-order valence-electron chi connectivity index (χ1n) is 10.1. The topological polar surface area (TPSA) is 92.3 Å². The van der Waals surface area contributed by atoms with Gasteiger partial charge in [-0.05, 0) is 31.3 Å². The lowest BCUT2D eigenvalue weighted by molar-refractivity contribution is 0.102. The molecule has 3 heterocycles. The number of amides is 1. The van der Waals surface area contributed by atoms with Crippen LogP contribution in [0.5, 0.6) is 0 Å². The average molecular weight is 434 g/mol. The molecule has 0 saturated carbocycles. The minimum absolute atomic E-state index is 0.242. The van der Waals surface area contributed by atoms with E-state index in [1.54, 1.807) is 10.1 Å². The SMILES string of the molecule is CN1CCN(c2ccccc2NC(=O)c2csc(-n3nc(N)c4ccccc43)n2)CC1. The molecule has 0 aliphatic carbocycles. The van der Waals surface area contributed by atoms with E-state index in [0.717, 1.165) is 48.5 Å². The summed E-state index contributed by atoms with van der Waals surface area (Å²) in [5.41, 5.74) is 9.08. The zero-order valence-electron chi connectivity index (χ0n) is 17.2. The van der Waals surface area contributed by atoms with Gasteiger partial charge < -0.3 is 20.9 Å². The molecule has 4 aromatic rings. The van der Waals surface area contributed by atoms with Crippen LogP contribution >= 0.6 is 11.3 Å². The minimum atomic E-state index is -0.242. The van der Waals surface area contributed by atoms with Crippen LogP contribution in [0.25, 0.3) is 16.0 Å². The summed E-state index contributed by atoms with van der Waals surface area (Å²) in [6, 6.07) is 15.6. The zero-order chi connectivity index (χ0) is 21.4. The van der Waals surface area contributed by atoms with E-state index in [1.165, 1.54) is 11.3 Å². The predicted molar refractivity (Wildman–Crippen MR) is 125 cm³/mol. The van der Waals surface area contributed by atoms with Crippen molar-refractivity contribution in [3.05, 3.63) is 59.6 Å². The van der Waals surface area contributed by atoms with Gasteiger partial charge in [0.05, 0.1) is 16.9 Å². The number of carbonyl (C=O) groups is 1. The summed E-state index contributed by atoms with van der Waals surface area (Å²) >= 11 is 1.36. The number of nitrogens with two attached hydrogens (primary N) is 1. The Bertz CT molecular complexity index is 1240. The van der Waals surface area contributed by atoms with Gasteiger partial charge in [-0.3, -0.25) is 4.79 Å². The summed E-state index contributed by atoms with van der Waals surface area (Å²) in [6.07, 6.45) is 0. The highest BCUT2D eigenvalue weighted by Crippen LogP contribution is 2.28. The van der Waals surface area contributed by atoms with Crippen LogP contribution in [0.1, 0.15) is 10.5 Å². The molecule has 2 aromatic carbocycles. The predicted octanol–water partition coefficient (Wildman–Crippen LogP) is 3.07. The van der Waals surface area contributed by atoms with Gasteiger partial charge in [0.2, 0.25) is 5.13 Å². The molecule has 1 saturated heterocycles. The van der Waals surface area contributed by atoms with Gasteiger partial charge >= 0.3 is 0 Å². The quantitative estimate of drug-likeness (QED) is 0.514. The number of anilines is 3. The highest BCUT2D eigenvalue weighted by molar-refractivity contribution is 7.12. The Kier molecular flexibility index (Phi) is 5.05. The van der Waals surface area contributed by atoms with E-state index >= 15 is 0 Å². The fourth-order valence-corrected chi connectivity index (χ4v) is 4.56. The molecular formula is C22H23N7OS. The Morgan fingerprint density at radius 3 is 2.65 bits per heavy atom. The van der Waals surface area contributed by atoms with Gasteiger partial charge in [-0.2, -0.15) is 0 Å². The maximum absolute atomic E-state index is 13.0. The number of hydrogen-bond donors (Lipinski definition) is 2. The molecule has 2 aromatic heterocycles. The highest BCUT2D eigenvalue weighted by atomic mass is 32.1. The maximum Gasteiger partial charge on any atom is 0.275 e. The number of nitrogens with zero attached hydrogens (tertiary/aromatic N) is 5. The fourth-order valence-electron chi connectivity index (χ4n) is 3.79. The van der Waals surface area contributed by atoms with Crippen molar-refractivity contribution in [3.8, 4) is 5.13 Å². The molecule has 1 fully saturated rings. The first-order chi connectivity index (χ1) is 15.1.